The van der Waals surface area contributed by atoms with Gasteiger partial charge in [0.05, 0.1) is 6.10 Å². The van der Waals surface area contributed by atoms with E-state index < -0.39 is 41.9 Å². The topological polar surface area (TPSA) is 142 Å². The number of ether oxygens (including phenoxy) is 1. The molecule has 9 heteroatoms. The van der Waals surface area contributed by atoms with Crippen molar-refractivity contribution in [1.82, 2.24) is 10.2 Å². The molecule has 0 aromatic heterocycles. The first-order chi connectivity index (χ1) is 9.36. The molecule has 0 saturated heterocycles. The van der Waals surface area contributed by atoms with E-state index in [9.17, 15) is 19.5 Å². The van der Waals surface area contributed by atoms with Gasteiger partial charge in [0.2, 0.25) is 0 Å². The molecule has 0 saturated carbocycles. The van der Waals surface area contributed by atoms with Crippen molar-refractivity contribution >= 4 is 18.0 Å². The number of hydrogen-bond acceptors (Lipinski definition) is 6. The van der Waals surface area contributed by atoms with Gasteiger partial charge in [0, 0.05) is 7.05 Å². The molecule has 9 nitrogen and oxygen atoms in total. The summed E-state index contributed by atoms with van der Waals surface area (Å²) in [5.41, 5.74) is 4.81. The van der Waals surface area contributed by atoms with Crippen molar-refractivity contribution in [2.75, 3.05) is 7.05 Å². The summed E-state index contributed by atoms with van der Waals surface area (Å²) < 4.78 is 5.03. The van der Waals surface area contributed by atoms with Gasteiger partial charge in [0.1, 0.15) is 5.60 Å². The summed E-state index contributed by atoms with van der Waals surface area (Å²) in [4.78, 5) is 35.3. The molecule has 0 spiro atoms. The smallest absolute Gasteiger partial charge is 0.411 e. The lowest BCUT2D eigenvalue weighted by molar-refractivity contribution is -0.145. The Labute approximate surface area is 123 Å². The zero-order valence-electron chi connectivity index (χ0n) is 12.8. The largest absolute Gasteiger partial charge is 0.480 e. The Morgan fingerprint density at radius 1 is 1.29 bits per heavy atom. The summed E-state index contributed by atoms with van der Waals surface area (Å²) in [6.45, 7) is 6.16. The van der Waals surface area contributed by atoms with Gasteiger partial charge in [-0.05, 0) is 27.7 Å². The molecule has 3 atom stereocenters. The van der Waals surface area contributed by atoms with Crippen molar-refractivity contribution in [2.24, 2.45) is 5.73 Å². The molecule has 2 amide bonds. The Kier molecular flexibility index (Phi) is 6.58. The van der Waals surface area contributed by atoms with Crippen molar-refractivity contribution in [3.05, 3.63) is 0 Å². The van der Waals surface area contributed by atoms with Crippen molar-refractivity contribution in [3.8, 4) is 0 Å². The van der Waals surface area contributed by atoms with E-state index in [-0.39, 0.29) is 0 Å². The van der Waals surface area contributed by atoms with E-state index in [1.54, 1.807) is 20.8 Å². The Balaban J connectivity index is 4.77. The number of aliphatic carboxylic acids is 1. The highest BCUT2D eigenvalue weighted by molar-refractivity contribution is 5.88. The molecule has 0 unspecified atom stereocenters. The van der Waals surface area contributed by atoms with Gasteiger partial charge in [0.25, 0.3) is 5.91 Å². The fourth-order valence-corrected chi connectivity index (χ4v) is 1.25. The van der Waals surface area contributed by atoms with Gasteiger partial charge >= 0.3 is 12.1 Å². The number of nitrogens with one attached hydrogen (secondary N) is 1. The minimum Gasteiger partial charge on any atom is -0.480 e. The highest BCUT2D eigenvalue weighted by atomic mass is 16.6. The maximum absolute atomic E-state index is 11.8. The average Bonchev–Trinajstić information content (AvgIpc) is 2.30. The van der Waals surface area contributed by atoms with Crippen LogP contribution in [0.5, 0.6) is 0 Å². The van der Waals surface area contributed by atoms with E-state index >= 15 is 0 Å². The van der Waals surface area contributed by atoms with Gasteiger partial charge in [0.15, 0.2) is 12.2 Å². The van der Waals surface area contributed by atoms with Gasteiger partial charge in [-0.15, -0.1) is 0 Å². The average molecular weight is 305 g/mol. The Morgan fingerprint density at radius 3 is 2.10 bits per heavy atom. The van der Waals surface area contributed by atoms with Crippen LogP contribution < -0.4 is 11.1 Å². The number of hydrogen-bond donors (Lipinski definition) is 4. The van der Waals surface area contributed by atoms with E-state index in [1.165, 1.54) is 14.0 Å². The van der Waals surface area contributed by atoms with Crippen LogP contribution in [0.3, 0.4) is 0 Å². The first kappa shape index (κ1) is 19.1. The predicted octanol–water partition coefficient (Wildman–Crippen LogP) is -0.912. The number of aliphatic hydroxyl groups is 1. The Bertz CT molecular complexity index is 404. The van der Waals surface area contributed by atoms with Gasteiger partial charge in [-0.1, -0.05) is 0 Å². The van der Waals surface area contributed by atoms with Gasteiger partial charge in [-0.25, -0.2) is 9.59 Å². The molecular formula is C12H23N3O6. The minimum absolute atomic E-state index is 0.759. The lowest BCUT2D eigenvalue weighted by Crippen LogP contribution is -2.58. The third-order valence-corrected chi connectivity index (χ3v) is 2.41. The lowest BCUT2D eigenvalue weighted by atomic mass is 10.2. The van der Waals surface area contributed by atoms with E-state index in [4.69, 9.17) is 15.6 Å². The minimum atomic E-state index is -1.52. The highest BCUT2D eigenvalue weighted by Crippen LogP contribution is 2.09. The van der Waals surface area contributed by atoms with Crippen molar-refractivity contribution in [2.45, 2.75) is 51.6 Å². The number of nitrogens with zero attached hydrogens (tertiary/aromatic N) is 1. The molecule has 0 aliphatic heterocycles. The quantitative estimate of drug-likeness (QED) is 0.481. The lowest BCUT2D eigenvalue weighted by Gasteiger charge is -2.28. The van der Waals surface area contributed by atoms with Crippen LogP contribution in [-0.4, -0.2) is 64.0 Å². The summed E-state index contributed by atoms with van der Waals surface area (Å²) in [7, 11) is 1.25. The molecule has 5 N–H and O–H groups in total. The number of nitrogens with two attached hydrogens (primary N) is 1. The molecule has 0 bridgehead atoms. The number of rotatable bonds is 5. The van der Waals surface area contributed by atoms with Crippen LogP contribution in [0, 0.1) is 0 Å². The van der Waals surface area contributed by atoms with Crippen LogP contribution >= 0.6 is 0 Å². The summed E-state index contributed by atoms with van der Waals surface area (Å²) in [6, 6.07) is -1.52. The first-order valence-electron chi connectivity index (χ1n) is 6.29. The zero-order valence-corrected chi connectivity index (χ0v) is 12.8. The molecule has 0 fully saturated rings. The number of carboxylic acids is 1. The van der Waals surface area contributed by atoms with Crippen molar-refractivity contribution < 1.29 is 29.3 Å². The van der Waals surface area contributed by atoms with Crippen LogP contribution in [0.15, 0.2) is 0 Å². The second-order valence-corrected chi connectivity index (χ2v) is 5.60. The van der Waals surface area contributed by atoms with Gasteiger partial charge in [-0.3, -0.25) is 9.69 Å². The molecule has 0 aliphatic rings. The van der Waals surface area contributed by atoms with Crippen LogP contribution in [0.1, 0.15) is 27.7 Å². The summed E-state index contributed by atoms with van der Waals surface area (Å²) in [5, 5.41) is 20.2. The third-order valence-electron chi connectivity index (χ3n) is 2.41. The van der Waals surface area contributed by atoms with Gasteiger partial charge in [-0.2, -0.15) is 0 Å². The number of aliphatic hydroxyl groups excluding tert-OH is 1. The number of carbonyl (C=O) groups excluding carboxylic acids is 2. The number of carboxylic acid groups (broad SMARTS) is 1. The van der Waals surface area contributed by atoms with E-state index in [1.807, 2.05) is 0 Å². The second kappa shape index (κ2) is 7.23. The Morgan fingerprint density at radius 2 is 1.76 bits per heavy atom. The molecule has 0 heterocycles. The summed E-state index contributed by atoms with van der Waals surface area (Å²) in [6.07, 6.45) is -3.58. The van der Waals surface area contributed by atoms with E-state index in [0.29, 0.717) is 0 Å². The maximum atomic E-state index is 11.8. The molecule has 0 rings (SSSR count). The fraction of sp³-hybridized carbons (Fsp3) is 0.750. The van der Waals surface area contributed by atoms with Crippen LogP contribution in [0.2, 0.25) is 0 Å². The summed E-state index contributed by atoms with van der Waals surface area (Å²) >= 11 is 0. The molecule has 21 heavy (non-hydrogen) atoms. The first-order valence-corrected chi connectivity index (χ1v) is 6.29. The predicted molar refractivity (Wildman–Crippen MR) is 73.2 cm³/mol. The summed E-state index contributed by atoms with van der Waals surface area (Å²) in [5.74, 6) is -2.33. The fourth-order valence-electron chi connectivity index (χ4n) is 1.25. The van der Waals surface area contributed by atoms with Crippen LogP contribution in [-0.2, 0) is 14.3 Å². The van der Waals surface area contributed by atoms with Gasteiger partial charge < -0.3 is 26.0 Å². The number of likely N-dealkylation sites (N-methyl/N-ethyl adjacent to an activating group) is 1. The molecule has 0 aromatic carbocycles. The Hall–Kier alpha value is -1.87. The SMILES string of the molecule is C[C@@H](O)[C@H](NC(=O)[C@H](N)N(C)C(=O)OC(C)(C)C)C(=O)O. The third kappa shape index (κ3) is 6.41. The molecular weight excluding hydrogens is 282 g/mol. The van der Waals surface area contributed by atoms with Crippen molar-refractivity contribution in [1.29, 1.82) is 0 Å². The zero-order chi connectivity index (χ0) is 17.0. The maximum Gasteiger partial charge on any atom is 0.411 e. The van der Waals surface area contributed by atoms with E-state index in [2.05, 4.69) is 5.32 Å². The second-order valence-electron chi connectivity index (χ2n) is 5.60. The number of amides is 2. The number of carbonyl (C=O) groups is 3. The monoisotopic (exact) mass is 305 g/mol. The van der Waals surface area contributed by atoms with Crippen LogP contribution in [0.25, 0.3) is 0 Å². The van der Waals surface area contributed by atoms with Crippen molar-refractivity contribution in [3.63, 3.8) is 0 Å². The highest BCUT2D eigenvalue weighted by Gasteiger charge is 2.31. The van der Waals surface area contributed by atoms with Crippen LogP contribution in [0.4, 0.5) is 4.79 Å². The molecule has 122 valence electrons. The van der Waals surface area contributed by atoms with E-state index in [0.717, 1.165) is 4.90 Å². The molecule has 0 radical (unpaired) electrons. The molecule has 0 aliphatic carbocycles. The standard InChI is InChI=1S/C12H23N3O6/c1-6(16)7(10(18)19)14-9(17)8(13)15(5)11(20)21-12(2,3)4/h6-8,16H,13H2,1-5H3,(H,14,17)(H,18,19)/t6-,7+,8-/m1/s1. The molecule has 0 aromatic rings. The normalized spacial score (nSPS) is 15.6.